The Balaban J connectivity index is 3.04. The Bertz CT molecular complexity index is 252. The molecule has 1 heterocycles. The fraction of sp³-hybridized carbons (Fsp3) is 0.500. The zero-order valence-electron chi connectivity index (χ0n) is 7.70. The quantitative estimate of drug-likeness (QED) is 0.651. The van der Waals surface area contributed by atoms with Crippen LogP contribution in [0.4, 0.5) is 0 Å². The third kappa shape index (κ3) is 1.78. The Labute approximate surface area is 82.1 Å². The summed E-state index contributed by atoms with van der Waals surface area (Å²) < 4.78 is 15.1. The van der Waals surface area contributed by atoms with Crippen LogP contribution in [0, 0.1) is 6.54 Å². The molecule has 0 aromatic rings. The highest BCUT2D eigenvalue weighted by atomic mass is 35.5. The Morgan fingerprint density at radius 3 is 2.46 bits per heavy atom. The number of aliphatic imine (C=N–C) groups is 1. The summed E-state index contributed by atoms with van der Waals surface area (Å²) in [5.41, 5.74) is 0. The fourth-order valence-corrected chi connectivity index (χ4v) is 1.24. The number of alkyl halides is 1. The minimum Gasteiger partial charge on any atom is -0.493 e. The van der Waals surface area contributed by atoms with E-state index in [9.17, 15) is 0 Å². The van der Waals surface area contributed by atoms with Gasteiger partial charge in [-0.25, -0.2) is 0 Å². The predicted molar refractivity (Wildman–Crippen MR) is 49.4 cm³/mol. The van der Waals surface area contributed by atoms with Gasteiger partial charge in [0.1, 0.15) is 6.54 Å². The zero-order chi connectivity index (χ0) is 9.90. The third-order valence-electron chi connectivity index (χ3n) is 1.69. The highest BCUT2D eigenvalue weighted by Gasteiger charge is 2.39. The Hall–Kier alpha value is -0.740. The van der Waals surface area contributed by atoms with Gasteiger partial charge in [0.25, 0.3) is 0 Å². The highest BCUT2D eigenvalue weighted by Crippen LogP contribution is 2.34. The lowest BCUT2D eigenvalue weighted by Gasteiger charge is -2.28. The molecule has 0 aromatic heterocycles. The van der Waals surface area contributed by atoms with Crippen LogP contribution in [0.2, 0.25) is 0 Å². The van der Waals surface area contributed by atoms with Crippen molar-refractivity contribution in [1.82, 2.24) is 0 Å². The van der Waals surface area contributed by atoms with Crippen LogP contribution < -0.4 is 0 Å². The van der Waals surface area contributed by atoms with Crippen molar-refractivity contribution in [3.63, 3.8) is 0 Å². The number of ether oxygens (including phenoxy) is 3. The summed E-state index contributed by atoms with van der Waals surface area (Å²) in [5.74, 6) is 0.857. The number of dihydropyridines is 1. The van der Waals surface area contributed by atoms with Gasteiger partial charge in [0.15, 0.2) is 11.5 Å². The highest BCUT2D eigenvalue weighted by molar-refractivity contribution is 6.26. The maximum absolute atomic E-state index is 6.04. The molecule has 0 aliphatic carbocycles. The lowest BCUT2D eigenvalue weighted by molar-refractivity contribution is 0.0569. The summed E-state index contributed by atoms with van der Waals surface area (Å²) in [6, 6.07) is 0. The SMILES string of the molecule is COC1=C(OC)C(Cl)(OC)[CH]N=C1. The van der Waals surface area contributed by atoms with Crippen LogP contribution in [0.15, 0.2) is 16.5 Å². The number of hydrogen-bond donors (Lipinski definition) is 0. The predicted octanol–water partition coefficient (Wildman–Crippen LogP) is 1.32. The van der Waals surface area contributed by atoms with E-state index in [2.05, 4.69) is 4.99 Å². The molecular formula is C8H11ClNO3. The van der Waals surface area contributed by atoms with Crippen molar-refractivity contribution < 1.29 is 14.2 Å². The number of nitrogens with zero attached hydrogens (tertiary/aromatic N) is 1. The van der Waals surface area contributed by atoms with Gasteiger partial charge in [-0.1, -0.05) is 11.6 Å². The molecule has 0 aromatic carbocycles. The third-order valence-corrected chi connectivity index (χ3v) is 2.11. The maximum atomic E-state index is 6.04. The lowest BCUT2D eigenvalue weighted by atomic mass is 10.2. The topological polar surface area (TPSA) is 40.0 Å². The zero-order valence-corrected chi connectivity index (χ0v) is 8.46. The fourth-order valence-electron chi connectivity index (χ4n) is 1.02. The summed E-state index contributed by atoms with van der Waals surface area (Å²) >= 11 is 6.04. The number of methoxy groups -OCH3 is 3. The van der Waals surface area contributed by atoms with Gasteiger partial charge in [0.05, 0.1) is 20.4 Å². The molecule has 1 unspecified atom stereocenters. The van der Waals surface area contributed by atoms with E-state index < -0.39 is 5.06 Å². The first kappa shape index (κ1) is 10.3. The van der Waals surface area contributed by atoms with E-state index in [0.29, 0.717) is 11.5 Å². The van der Waals surface area contributed by atoms with E-state index in [1.165, 1.54) is 34.1 Å². The van der Waals surface area contributed by atoms with Gasteiger partial charge in [-0.05, 0) is 0 Å². The van der Waals surface area contributed by atoms with Gasteiger partial charge >= 0.3 is 0 Å². The molecule has 73 valence electrons. The molecule has 0 N–H and O–H groups in total. The van der Waals surface area contributed by atoms with Gasteiger partial charge in [0.2, 0.25) is 5.06 Å². The minimum atomic E-state index is -1.16. The van der Waals surface area contributed by atoms with Crippen LogP contribution in [-0.2, 0) is 14.2 Å². The molecule has 1 atom stereocenters. The van der Waals surface area contributed by atoms with E-state index in [1.807, 2.05) is 0 Å². The van der Waals surface area contributed by atoms with Crippen LogP contribution in [0.1, 0.15) is 0 Å². The van der Waals surface area contributed by atoms with Crippen molar-refractivity contribution in [3.05, 3.63) is 18.1 Å². The van der Waals surface area contributed by atoms with Gasteiger partial charge < -0.3 is 14.2 Å². The average Bonchev–Trinajstić information content (AvgIpc) is 2.17. The van der Waals surface area contributed by atoms with Crippen molar-refractivity contribution in [2.45, 2.75) is 5.06 Å². The van der Waals surface area contributed by atoms with Crippen LogP contribution in [-0.4, -0.2) is 32.6 Å². The van der Waals surface area contributed by atoms with E-state index in [4.69, 9.17) is 25.8 Å². The largest absolute Gasteiger partial charge is 0.493 e. The van der Waals surface area contributed by atoms with Crippen molar-refractivity contribution in [2.24, 2.45) is 4.99 Å². The molecule has 0 saturated heterocycles. The molecule has 0 spiro atoms. The average molecular weight is 205 g/mol. The summed E-state index contributed by atoms with van der Waals surface area (Å²) in [5, 5.41) is -1.16. The van der Waals surface area contributed by atoms with Gasteiger partial charge in [-0.15, -0.1) is 0 Å². The van der Waals surface area contributed by atoms with Crippen molar-refractivity contribution in [1.29, 1.82) is 0 Å². The van der Waals surface area contributed by atoms with Crippen molar-refractivity contribution >= 4 is 17.8 Å². The van der Waals surface area contributed by atoms with E-state index in [1.54, 1.807) is 0 Å². The molecule has 5 heteroatoms. The smallest absolute Gasteiger partial charge is 0.227 e. The molecule has 0 saturated carbocycles. The molecule has 1 aliphatic heterocycles. The van der Waals surface area contributed by atoms with Gasteiger partial charge in [-0.3, -0.25) is 4.99 Å². The maximum Gasteiger partial charge on any atom is 0.227 e. The van der Waals surface area contributed by atoms with Crippen molar-refractivity contribution in [3.8, 4) is 0 Å². The van der Waals surface area contributed by atoms with Crippen LogP contribution in [0.25, 0.3) is 0 Å². The molecule has 1 rings (SSSR count). The number of halogens is 1. The second-order valence-corrected chi connectivity index (χ2v) is 2.92. The normalized spacial score (nSPS) is 27.7. The molecule has 13 heavy (non-hydrogen) atoms. The monoisotopic (exact) mass is 204 g/mol. The van der Waals surface area contributed by atoms with Crippen LogP contribution in [0.5, 0.6) is 0 Å². The molecule has 0 bridgehead atoms. The lowest BCUT2D eigenvalue weighted by Crippen LogP contribution is -2.32. The van der Waals surface area contributed by atoms with Crippen molar-refractivity contribution in [2.75, 3.05) is 21.3 Å². The molecule has 1 aliphatic rings. The first-order chi connectivity index (χ1) is 6.18. The summed E-state index contributed by atoms with van der Waals surface area (Å²) in [6.07, 6.45) is 1.51. The van der Waals surface area contributed by atoms with Crippen LogP contribution in [0.3, 0.4) is 0 Å². The summed E-state index contributed by atoms with van der Waals surface area (Å²) in [6.45, 7) is 1.44. The van der Waals surface area contributed by atoms with E-state index in [0.717, 1.165) is 0 Å². The molecule has 4 nitrogen and oxygen atoms in total. The second kappa shape index (κ2) is 3.98. The standard InChI is InChI=1S/C8H11ClNO3/c1-11-6-4-10-5-8(9,13-3)7(6)12-2/h4-5H,1-3H3. The molecule has 0 fully saturated rings. The van der Waals surface area contributed by atoms with Gasteiger partial charge in [0, 0.05) is 7.11 Å². The number of allylic oxidation sites excluding steroid dienone is 1. The Morgan fingerprint density at radius 1 is 1.31 bits per heavy atom. The van der Waals surface area contributed by atoms with Gasteiger partial charge in [-0.2, -0.15) is 0 Å². The Kier molecular flexibility index (Phi) is 3.17. The van der Waals surface area contributed by atoms with E-state index >= 15 is 0 Å². The molecular weight excluding hydrogens is 194 g/mol. The summed E-state index contributed by atoms with van der Waals surface area (Å²) in [7, 11) is 4.48. The van der Waals surface area contributed by atoms with Crippen LogP contribution >= 0.6 is 11.6 Å². The minimum absolute atomic E-state index is 0.397. The molecule has 0 amide bonds. The number of hydrogen-bond acceptors (Lipinski definition) is 4. The Morgan fingerprint density at radius 2 is 2.00 bits per heavy atom. The second-order valence-electron chi connectivity index (χ2n) is 2.36. The van der Waals surface area contributed by atoms with E-state index in [-0.39, 0.29) is 0 Å². The first-order valence-electron chi connectivity index (χ1n) is 3.62. The molecule has 1 radical (unpaired) electrons. The summed E-state index contributed by atoms with van der Waals surface area (Å²) in [4.78, 5) is 3.88. The number of rotatable bonds is 3. The first-order valence-corrected chi connectivity index (χ1v) is 4.00.